The third-order valence-electron chi connectivity index (χ3n) is 4.01. The maximum Gasteiger partial charge on any atom is 0.236 e. The second kappa shape index (κ2) is 8.27. The number of aliphatic hydroxyl groups excluding tert-OH is 1. The van der Waals surface area contributed by atoms with Crippen LogP contribution >= 0.6 is 11.8 Å². The zero-order chi connectivity index (χ0) is 17.6. The van der Waals surface area contributed by atoms with E-state index in [9.17, 15) is 9.90 Å². The fourth-order valence-electron chi connectivity index (χ4n) is 2.62. The molecule has 2 N–H and O–H groups in total. The molecule has 3 rings (SSSR count). The molecule has 0 aliphatic carbocycles. The predicted molar refractivity (Wildman–Crippen MR) is 97.9 cm³/mol. The summed E-state index contributed by atoms with van der Waals surface area (Å²) in [5, 5.41) is 11.7. The lowest BCUT2D eigenvalue weighted by Gasteiger charge is -2.09. The Morgan fingerprint density at radius 3 is 2.28 bits per heavy atom. The minimum absolute atomic E-state index is 0.114. The van der Waals surface area contributed by atoms with E-state index in [2.05, 4.69) is 5.32 Å². The van der Waals surface area contributed by atoms with Crippen molar-refractivity contribution in [1.82, 2.24) is 5.32 Å². The summed E-state index contributed by atoms with van der Waals surface area (Å²) in [6, 6.07) is 15.7. The summed E-state index contributed by atoms with van der Waals surface area (Å²) >= 11 is 1.24. The molecule has 1 heterocycles. The van der Waals surface area contributed by atoms with E-state index in [0.29, 0.717) is 13.0 Å². The molecular weight excluding hydrogens is 338 g/mol. The summed E-state index contributed by atoms with van der Waals surface area (Å²) in [5.74, 6) is 1.54. The van der Waals surface area contributed by atoms with Crippen molar-refractivity contribution in [1.29, 1.82) is 0 Å². The van der Waals surface area contributed by atoms with Gasteiger partial charge < -0.3 is 19.9 Å². The van der Waals surface area contributed by atoms with Gasteiger partial charge in [0.1, 0.15) is 11.5 Å². The molecule has 2 aromatic rings. The van der Waals surface area contributed by atoms with E-state index >= 15 is 0 Å². The van der Waals surface area contributed by atoms with Crippen molar-refractivity contribution in [3.8, 4) is 11.5 Å². The van der Waals surface area contributed by atoms with Crippen LogP contribution < -0.4 is 14.8 Å². The first-order chi connectivity index (χ1) is 12.1. The molecule has 2 unspecified atom stereocenters. The van der Waals surface area contributed by atoms with Gasteiger partial charge >= 0.3 is 0 Å². The van der Waals surface area contributed by atoms with Crippen molar-refractivity contribution in [2.24, 2.45) is 0 Å². The quantitative estimate of drug-likeness (QED) is 0.794. The fourth-order valence-corrected chi connectivity index (χ4v) is 3.60. The number of ether oxygens (including phenoxy) is 2. The summed E-state index contributed by atoms with van der Waals surface area (Å²) in [5.41, 5.74) is 1.45. The molecular formula is C19H21NO4S. The molecule has 6 heteroatoms. The molecule has 0 saturated carbocycles. The summed E-state index contributed by atoms with van der Waals surface area (Å²) < 4.78 is 10.9. The first-order valence-corrected chi connectivity index (χ1v) is 9.07. The molecule has 1 aliphatic heterocycles. The summed E-state index contributed by atoms with van der Waals surface area (Å²) in [6.45, 7) is 0.596. The molecule has 5 nitrogen and oxygen atoms in total. The Labute approximate surface area is 151 Å². The number of thioether (sulfide) groups is 1. The van der Waals surface area contributed by atoms with Crippen LogP contribution in [0.25, 0.3) is 0 Å². The zero-order valence-corrected chi connectivity index (χ0v) is 14.8. The normalized spacial score (nSPS) is 19.5. The zero-order valence-electron chi connectivity index (χ0n) is 14.0. The molecule has 2 atom stereocenters. The van der Waals surface area contributed by atoms with Crippen molar-refractivity contribution in [3.05, 3.63) is 59.7 Å². The van der Waals surface area contributed by atoms with Crippen LogP contribution in [0, 0.1) is 0 Å². The highest BCUT2D eigenvalue weighted by molar-refractivity contribution is 8.01. The van der Waals surface area contributed by atoms with Crippen LogP contribution in [0.5, 0.6) is 11.5 Å². The number of benzene rings is 2. The highest BCUT2D eigenvalue weighted by Gasteiger charge is 2.31. The lowest BCUT2D eigenvalue weighted by molar-refractivity contribution is -0.121. The third kappa shape index (κ3) is 4.90. The lowest BCUT2D eigenvalue weighted by atomic mass is 10.1. The van der Waals surface area contributed by atoms with Crippen LogP contribution in [-0.4, -0.2) is 35.5 Å². The maximum absolute atomic E-state index is 11.6. The topological polar surface area (TPSA) is 67.8 Å². The number of hydrogen-bond acceptors (Lipinski definition) is 5. The Morgan fingerprint density at radius 1 is 1.04 bits per heavy atom. The molecule has 1 aliphatic rings. The highest BCUT2D eigenvalue weighted by Crippen LogP contribution is 2.25. The standard InChI is InChI=1S/C19H21NO4S/c1-23-15-6-2-13(3-7-15)10-11-24-16-8-4-14(5-9-16)12-17-18(21)20-19(22)25-17/h2-9,17,19,22H,10-12H2,1H3,(H,20,21). The minimum Gasteiger partial charge on any atom is -0.497 e. The first kappa shape index (κ1) is 17.6. The second-order valence-electron chi connectivity index (χ2n) is 5.78. The summed E-state index contributed by atoms with van der Waals surface area (Å²) in [6.07, 6.45) is 1.42. The molecule has 132 valence electrons. The largest absolute Gasteiger partial charge is 0.497 e. The monoisotopic (exact) mass is 359 g/mol. The summed E-state index contributed by atoms with van der Waals surface area (Å²) in [7, 11) is 1.65. The minimum atomic E-state index is -0.793. The van der Waals surface area contributed by atoms with E-state index in [0.717, 1.165) is 23.5 Å². The van der Waals surface area contributed by atoms with E-state index in [1.807, 2.05) is 48.5 Å². The van der Waals surface area contributed by atoms with E-state index in [1.54, 1.807) is 7.11 Å². The van der Waals surface area contributed by atoms with Crippen LogP contribution in [-0.2, 0) is 17.6 Å². The molecule has 1 saturated heterocycles. The van der Waals surface area contributed by atoms with Gasteiger partial charge in [-0.1, -0.05) is 36.0 Å². The van der Waals surface area contributed by atoms with Gasteiger partial charge in [-0.25, -0.2) is 0 Å². The fraction of sp³-hybridized carbons (Fsp3) is 0.316. The van der Waals surface area contributed by atoms with Gasteiger partial charge in [0.15, 0.2) is 5.56 Å². The average Bonchev–Trinajstić information content (AvgIpc) is 2.94. The van der Waals surface area contributed by atoms with Crippen LogP contribution in [0.4, 0.5) is 0 Å². The van der Waals surface area contributed by atoms with Gasteiger partial charge in [-0.05, 0) is 41.8 Å². The van der Waals surface area contributed by atoms with Crippen molar-refractivity contribution >= 4 is 17.7 Å². The molecule has 1 fully saturated rings. The predicted octanol–water partition coefficient (Wildman–Crippen LogP) is 2.37. The van der Waals surface area contributed by atoms with Crippen LogP contribution in [0.1, 0.15) is 11.1 Å². The van der Waals surface area contributed by atoms with Crippen molar-refractivity contribution in [3.63, 3.8) is 0 Å². The molecule has 0 aromatic heterocycles. The number of methoxy groups -OCH3 is 1. The molecule has 25 heavy (non-hydrogen) atoms. The van der Waals surface area contributed by atoms with Crippen LogP contribution in [0.2, 0.25) is 0 Å². The number of nitrogens with one attached hydrogen (secondary N) is 1. The van der Waals surface area contributed by atoms with Crippen molar-refractivity contribution in [2.45, 2.75) is 23.7 Å². The van der Waals surface area contributed by atoms with Gasteiger partial charge in [-0.15, -0.1) is 0 Å². The van der Waals surface area contributed by atoms with Gasteiger partial charge in [0.2, 0.25) is 5.91 Å². The number of rotatable bonds is 7. The molecule has 1 amide bonds. The highest BCUT2D eigenvalue weighted by atomic mass is 32.2. The van der Waals surface area contributed by atoms with Crippen LogP contribution in [0.3, 0.4) is 0 Å². The molecule has 0 spiro atoms. The first-order valence-electron chi connectivity index (χ1n) is 8.12. The van der Waals surface area contributed by atoms with E-state index in [-0.39, 0.29) is 11.2 Å². The molecule has 2 aromatic carbocycles. The Bertz CT molecular complexity index is 702. The lowest BCUT2D eigenvalue weighted by Crippen LogP contribution is -2.27. The average molecular weight is 359 g/mol. The Balaban J connectivity index is 1.46. The summed E-state index contributed by atoms with van der Waals surface area (Å²) in [4.78, 5) is 11.6. The van der Waals surface area contributed by atoms with Gasteiger partial charge in [-0.3, -0.25) is 4.79 Å². The number of carbonyl (C=O) groups is 1. The number of hydrogen-bond donors (Lipinski definition) is 2. The Hall–Kier alpha value is -2.18. The second-order valence-corrected chi connectivity index (χ2v) is 7.07. The molecule has 0 bridgehead atoms. The third-order valence-corrected chi connectivity index (χ3v) is 5.10. The van der Waals surface area contributed by atoms with Crippen LogP contribution in [0.15, 0.2) is 48.5 Å². The van der Waals surface area contributed by atoms with Gasteiger partial charge in [-0.2, -0.15) is 0 Å². The van der Waals surface area contributed by atoms with E-state index in [1.165, 1.54) is 17.3 Å². The van der Waals surface area contributed by atoms with Gasteiger partial charge in [0, 0.05) is 6.42 Å². The Morgan fingerprint density at radius 2 is 1.68 bits per heavy atom. The van der Waals surface area contributed by atoms with Crippen molar-refractivity contribution in [2.75, 3.05) is 13.7 Å². The van der Waals surface area contributed by atoms with E-state index < -0.39 is 5.56 Å². The number of aliphatic hydroxyl groups is 1. The smallest absolute Gasteiger partial charge is 0.236 e. The number of amides is 1. The van der Waals surface area contributed by atoms with Gasteiger partial charge in [0.05, 0.1) is 19.0 Å². The Kier molecular flexibility index (Phi) is 5.83. The maximum atomic E-state index is 11.6. The van der Waals surface area contributed by atoms with Gasteiger partial charge in [0.25, 0.3) is 0 Å². The SMILES string of the molecule is COc1ccc(CCOc2ccc(CC3SC(O)NC3=O)cc2)cc1. The van der Waals surface area contributed by atoms with Crippen molar-refractivity contribution < 1.29 is 19.4 Å². The number of carbonyl (C=O) groups excluding carboxylic acids is 1. The van der Waals surface area contributed by atoms with E-state index in [4.69, 9.17) is 9.47 Å². The molecule has 0 radical (unpaired) electrons.